The van der Waals surface area contributed by atoms with E-state index in [0.29, 0.717) is 12.2 Å². The lowest BCUT2D eigenvalue weighted by Crippen LogP contribution is -2.43. The van der Waals surface area contributed by atoms with Crippen molar-refractivity contribution in [2.45, 2.75) is 19.4 Å². The average Bonchev–Trinajstić information content (AvgIpc) is 2.76. The van der Waals surface area contributed by atoms with Crippen LogP contribution in [0.2, 0.25) is 0 Å². The van der Waals surface area contributed by atoms with Crippen molar-refractivity contribution in [3.8, 4) is 5.75 Å². The van der Waals surface area contributed by atoms with E-state index < -0.39 is 37.0 Å². The number of ketones is 1. The first-order valence-corrected chi connectivity index (χ1v) is 9.31. The highest BCUT2D eigenvalue weighted by molar-refractivity contribution is 5.98. The maximum absolute atomic E-state index is 12.1. The standard InChI is InChI=1S/C22H24N2O6/c1-15(25)18(12-16-8-4-3-5-9-16)24-20(26)14-30-21(27)13-23-22(28)17-10-6-7-11-19(17)29-2/h3-11,18H,12-14H2,1-2H3,(H,23,28)(H,24,26)/t18-/m0/s1. The molecular weight excluding hydrogens is 388 g/mol. The molecule has 0 saturated carbocycles. The molecule has 8 nitrogen and oxygen atoms in total. The number of para-hydroxylation sites is 1. The zero-order valence-corrected chi connectivity index (χ0v) is 16.8. The van der Waals surface area contributed by atoms with E-state index in [0.717, 1.165) is 5.56 Å². The molecule has 2 aromatic rings. The van der Waals surface area contributed by atoms with E-state index in [-0.39, 0.29) is 11.3 Å². The van der Waals surface area contributed by atoms with Gasteiger partial charge in [-0.25, -0.2) is 0 Å². The van der Waals surface area contributed by atoms with Gasteiger partial charge in [0.2, 0.25) is 0 Å². The molecule has 0 heterocycles. The Labute approximate surface area is 174 Å². The summed E-state index contributed by atoms with van der Waals surface area (Å²) in [6.07, 6.45) is 0.338. The highest BCUT2D eigenvalue weighted by Gasteiger charge is 2.19. The minimum atomic E-state index is -0.782. The van der Waals surface area contributed by atoms with Crippen LogP contribution in [0.15, 0.2) is 54.6 Å². The van der Waals surface area contributed by atoms with Gasteiger partial charge in [-0.2, -0.15) is 0 Å². The molecule has 0 spiro atoms. The molecule has 0 radical (unpaired) electrons. The first kappa shape index (κ1) is 22.6. The number of hydrogen-bond acceptors (Lipinski definition) is 6. The van der Waals surface area contributed by atoms with Crippen molar-refractivity contribution >= 4 is 23.6 Å². The summed E-state index contributed by atoms with van der Waals surface area (Å²) in [7, 11) is 1.44. The summed E-state index contributed by atoms with van der Waals surface area (Å²) in [5, 5.41) is 4.97. The van der Waals surface area contributed by atoms with Gasteiger partial charge in [0.05, 0.1) is 18.7 Å². The third-order valence-electron chi connectivity index (χ3n) is 4.22. The van der Waals surface area contributed by atoms with Crippen LogP contribution in [0.1, 0.15) is 22.8 Å². The third-order valence-corrected chi connectivity index (χ3v) is 4.22. The maximum Gasteiger partial charge on any atom is 0.325 e. The number of benzene rings is 2. The lowest BCUT2D eigenvalue weighted by atomic mass is 10.0. The third kappa shape index (κ3) is 7.05. The van der Waals surface area contributed by atoms with Crippen molar-refractivity contribution in [3.63, 3.8) is 0 Å². The van der Waals surface area contributed by atoms with Gasteiger partial charge in [0.25, 0.3) is 11.8 Å². The van der Waals surface area contributed by atoms with E-state index >= 15 is 0 Å². The lowest BCUT2D eigenvalue weighted by molar-refractivity contribution is -0.147. The summed E-state index contributed by atoms with van der Waals surface area (Å²) in [5.74, 6) is -1.72. The molecule has 0 unspecified atom stereocenters. The van der Waals surface area contributed by atoms with E-state index in [1.54, 1.807) is 24.3 Å². The second-order valence-corrected chi connectivity index (χ2v) is 6.46. The Hall–Kier alpha value is -3.68. The molecule has 2 N–H and O–H groups in total. The van der Waals surface area contributed by atoms with Gasteiger partial charge in [-0.15, -0.1) is 0 Å². The monoisotopic (exact) mass is 412 g/mol. The van der Waals surface area contributed by atoms with Gasteiger partial charge < -0.3 is 20.1 Å². The SMILES string of the molecule is COc1ccccc1C(=O)NCC(=O)OCC(=O)N[C@@H](Cc1ccccc1)C(C)=O. The molecule has 0 aromatic heterocycles. The lowest BCUT2D eigenvalue weighted by Gasteiger charge is -2.16. The largest absolute Gasteiger partial charge is 0.496 e. The second-order valence-electron chi connectivity index (χ2n) is 6.46. The smallest absolute Gasteiger partial charge is 0.325 e. The van der Waals surface area contributed by atoms with Crippen LogP contribution in [-0.4, -0.2) is 49.9 Å². The fourth-order valence-corrected chi connectivity index (χ4v) is 2.66. The van der Waals surface area contributed by atoms with Gasteiger partial charge in [0, 0.05) is 0 Å². The fraction of sp³-hybridized carbons (Fsp3) is 0.273. The summed E-state index contributed by atoms with van der Waals surface area (Å²) in [6.45, 7) is 0.416. The predicted octanol–water partition coefficient (Wildman–Crippen LogP) is 1.28. The summed E-state index contributed by atoms with van der Waals surface area (Å²) in [6, 6.07) is 15.1. The Bertz CT molecular complexity index is 898. The van der Waals surface area contributed by atoms with Crippen LogP contribution in [0.25, 0.3) is 0 Å². The van der Waals surface area contributed by atoms with E-state index in [9.17, 15) is 19.2 Å². The van der Waals surface area contributed by atoms with Gasteiger partial charge >= 0.3 is 5.97 Å². The summed E-state index contributed by atoms with van der Waals surface area (Å²) in [4.78, 5) is 47.8. The number of Topliss-reactive ketones (excluding diaryl/α,β-unsaturated/α-hetero) is 1. The number of rotatable bonds is 10. The van der Waals surface area contributed by atoms with E-state index in [4.69, 9.17) is 9.47 Å². The number of nitrogens with one attached hydrogen (secondary N) is 2. The number of methoxy groups -OCH3 is 1. The van der Waals surface area contributed by atoms with Crippen molar-refractivity contribution in [2.24, 2.45) is 0 Å². The van der Waals surface area contributed by atoms with Gasteiger partial charge in [0.1, 0.15) is 12.3 Å². The van der Waals surface area contributed by atoms with E-state index in [1.807, 2.05) is 30.3 Å². The Balaban J connectivity index is 1.78. The first-order chi connectivity index (χ1) is 14.4. The van der Waals surface area contributed by atoms with Crippen LogP contribution in [-0.2, 0) is 25.5 Å². The van der Waals surface area contributed by atoms with Gasteiger partial charge in [-0.05, 0) is 31.0 Å². The first-order valence-electron chi connectivity index (χ1n) is 9.31. The van der Waals surface area contributed by atoms with Crippen LogP contribution in [0.3, 0.4) is 0 Å². The number of carbonyl (C=O) groups excluding carboxylic acids is 4. The molecule has 30 heavy (non-hydrogen) atoms. The molecule has 0 saturated heterocycles. The quantitative estimate of drug-likeness (QED) is 0.569. The number of carbonyl (C=O) groups is 4. The van der Waals surface area contributed by atoms with Crippen molar-refractivity contribution in [3.05, 3.63) is 65.7 Å². The van der Waals surface area contributed by atoms with Gasteiger partial charge in [-0.3, -0.25) is 19.2 Å². The Kier molecular flexibility index (Phi) is 8.56. The molecule has 0 aliphatic heterocycles. The molecule has 2 amide bonds. The van der Waals surface area contributed by atoms with Crippen molar-refractivity contribution in [2.75, 3.05) is 20.3 Å². The number of esters is 1. The highest BCUT2D eigenvalue weighted by atomic mass is 16.5. The maximum atomic E-state index is 12.1. The molecule has 2 rings (SSSR count). The molecular formula is C22H24N2O6. The topological polar surface area (TPSA) is 111 Å². The number of ether oxygens (including phenoxy) is 2. The van der Waals surface area contributed by atoms with Gasteiger partial charge in [0.15, 0.2) is 12.4 Å². The molecule has 8 heteroatoms. The summed E-state index contributed by atoms with van der Waals surface area (Å²) < 4.78 is 9.96. The zero-order valence-electron chi connectivity index (χ0n) is 16.8. The highest BCUT2D eigenvalue weighted by Crippen LogP contribution is 2.16. The summed E-state index contributed by atoms with van der Waals surface area (Å²) >= 11 is 0. The Morgan fingerprint density at radius 1 is 0.967 bits per heavy atom. The molecule has 1 atom stereocenters. The van der Waals surface area contributed by atoms with Crippen molar-refractivity contribution in [1.29, 1.82) is 0 Å². The number of amides is 2. The van der Waals surface area contributed by atoms with Crippen LogP contribution < -0.4 is 15.4 Å². The van der Waals surface area contributed by atoms with Crippen LogP contribution >= 0.6 is 0 Å². The normalized spacial score (nSPS) is 11.1. The fourth-order valence-electron chi connectivity index (χ4n) is 2.66. The minimum absolute atomic E-state index is 0.206. The van der Waals surface area contributed by atoms with E-state index in [1.165, 1.54) is 14.0 Å². The van der Waals surface area contributed by atoms with Crippen molar-refractivity contribution < 1.29 is 28.7 Å². The Morgan fingerprint density at radius 3 is 2.30 bits per heavy atom. The van der Waals surface area contributed by atoms with Crippen LogP contribution in [0.5, 0.6) is 5.75 Å². The molecule has 158 valence electrons. The minimum Gasteiger partial charge on any atom is -0.496 e. The molecule has 2 aromatic carbocycles. The van der Waals surface area contributed by atoms with Gasteiger partial charge in [-0.1, -0.05) is 42.5 Å². The molecule has 0 bridgehead atoms. The molecule has 0 aliphatic rings. The molecule has 0 aliphatic carbocycles. The Morgan fingerprint density at radius 2 is 1.63 bits per heavy atom. The van der Waals surface area contributed by atoms with Crippen LogP contribution in [0, 0.1) is 0 Å². The zero-order chi connectivity index (χ0) is 21.9. The summed E-state index contributed by atoms with van der Waals surface area (Å²) in [5.41, 5.74) is 1.17. The molecule has 0 fully saturated rings. The second kappa shape index (κ2) is 11.4. The van der Waals surface area contributed by atoms with Crippen molar-refractivity contribution in [1.82, 2.24) is 10.6 Å². The van der Waals surface area contributed by atoms with E-state index in [2.05, 4.69) is 10.6 Å². The van der Waals surface area contributed by atoms with Crippen LogP contribution in [0.4, 0.5) is 0 Å². The predicted molar refractivity (Wildman–Crippen MR) is 109 cm³/mol. The average molecular weight is 412 g/mol. The number of hydrogen-bond donors (Lipinski definition) is 2.